The van der Waals surface area contributed by atoms with Gasteiger partial charge in [0.05, 0.1) is 19.8 Å². The molecule has 0 saturated carbocycles. The van der Waals surface area contributed by atoms with Crippen molar-refractivity contribution in [2.75, 3.05) is 52.8 Å². The van der Waals surface area contributed by atoms with Crippen molar-refractivity contribution in [2.45, 2.75) is 52.9 Å². The summed E-state index contributed by atoms with van der Waals surface area (Å²) < 4.78 is 33.8. The van der Waals surface area contributed by atoms with E-state index in [1.54, 1.807) is 0 Å². The van der Waals surface area contributed by atoms with Crippen LogP contribution >= 0.6 is 0 Å². The van der Waals surface area contributed by atoms with Gasteiger partial charge in [0.25, 0.3) is 0 Å². The molecule has 27 heavy (non-hydrogen) atoms. The number of carboxylic acid groups (broad SMARTS) is 1. The van der Waals surface area contributed by atoms with E-state index in [1.165, 1.54) is 0 Å². The van der Waals surface area contributed by atoms with E-state index < -0.39 is 21.2 Å². The summed E-state index contributed by atoms with van der Waals surface area (Å²) in [6.45, 7) is 11.3. The van der Waals surface area contributed by atoms with Gasteiger partial charge in [-0.05, 0) is 40.5 Å². The number of amides is 1. The van der Waals surface area contributed by atoms with Gasteiger partial charge in [-0.3, -0.25) is 0 Å². The third-order valence-electron chi connectivity index (χ3n) is 3.43. The molecule has 0 aromatic heterocycles. The lowest BCUT2D eigenvalue weighted by Crippen LogP contribution is -2.46. The largest absolute Gasteiger partial charge is 0.500 e. The molecule has 0 radical (unpaired) electrons. The molecule has 0 fully saturated rings. The molecule has 0 aliphatic heterocycles. The normalized spacial score (nSPS) is 12.9. The first-order valence-electron chi connectivity index (χ1n) is 9.73. The molecule has 9 nitrogen and oxygen atoms in total. The van der Waals surface area contributed by atoms with Crippen LogP contribution in [0.1, 0.15) is 40.5 Å². The zero-order valence-corrected chi connectivity index (χ0v) is 18.2. The molecule has 0 saturated heterocycles. The van der Waals surface area contributed by atoms with Gasteiger partial charge < -0.3 is 37.9 Å². The number of rotatable bonds is 19. The van der Waals surface area contributed by atoms with Crippen LogP contribution in [-0.4, -0.2) is 79.1 Å². The monoisotopic (exact) mass is 411 g/mol. The van der Waals surface area contributed by atoms with Gasteiger partial charge in [0.2, 0.25) is 0 Å². The molecule has 0 aliphatic carbocycles. The van der Waals surface area contributed by atoms with Gasteiger partial charge in [0.15, 0.2) is 6.29 Å². The van der Waals surface area contributed by atoms with E-state index in [4.69, 9.17) is 32.6 Å². The highest BCUT2D eigenvalue weighted by Crippen LogP contribution is 2.19. The average Bonchev–Trinajstić information content (AvgIpc) is 2.62. The fraction of sp³-hybridized carbons (Fsp3) is 0.941. The van der Waals surface area contributed by atoms with Crippen LogP contribution in [0.5, 0.6) is 0 Å². The van der Waals surface area contributed by atoms with Crippen LogP contribution in [0.2, 0.25) is 6.04 Å². The molecular formula is C17H37NO8Si. The molecule has 1 unspecified atom stereocenters. The second-order valence-electron chi connectivity index (χ2n) is 5.49. The predicted molar refractivity (Wildman–Crippen MR) is 103 cm³/mol. The molecule has 2 N–H and O–H groups in total. The van der Waals surface area contributed by atoms with Crippen molar-refractivity contribution in [3.05, 3.63) is 0 Å². The topological polar surface area (TPSA) is 105 Å². The summed E-state index contributed by atoms with van der Waals surface area (Å²) in [7, 11) is -2.63. The summed E-state index contributed by atoms with van der Waals surface area (Å²) in [5.74, 6) is 0. The Balaban J connectivity index is 4.27. The highest BCUT2D eigenvalue weighted by atomic mass is 28.4. The van der Waals surface area contributed by atoms with Gasteiger partial charge in [0.1, 0.15) is 0 Å². The van der Waals surface area contributed by atoms with Crippen molar-refractivity contribution in [1.29, 1.82) is 0 Å². The summed E-state index contributed by atoms with van der Waals surface area (Å²) in [5, 5.41) is 11.0. The molecule has 10 heteroatoms. The number of hydrogen-bond acceptors (Lipinski definition) is 7. The minimum Gasteiger partial charge on any atom is -0.465 e. The average molecular weight is 412 g/mol. The number of hydrogen-bond donors (Lipinski definition) is 2. The summed E-state index contributed by atoms with van der Waals surface area (Å²) in [6.07, 6.45) is -0.169. The Morgan fingerprint density at radius 2 is 1.48 bits per heavy atom. The van der Waals surface area contributed by atoms with Crippen LogP contribution in [0.15, 0.2) is 0 Å². The number of nitrogens with one attached hydrogen (secondary N) is 1. The van der Waals surface area contributed by atoms with Gasteiger partial charge in [-0.25, -0.2) is 4.79 Å². The molecule has 0 aliphatic rings. The minimum absolute atomic E-state index is 0.0665. The van der Waals surface area contributed by atoms with E-state index in [0.29, 0.717) is 46.2 Å². The minimum atomic E-state index is -2.63. The highest BCUT2D eigenvalue weighted by Gasteiger charge is 2.39. The zero-order valence-electron chi connectivity index (χ0n) is 17.2. The molecule has 0 rings (SSSR count). The SMILES string of the molecule is CCOCCOC(CNC(=O)O)OCCCC[Si](OCC)(OCC)OCC. The van der Waals surface area contributed by atoms with E-state index in [9.17, 15) is 4.79 Å². The molecule has 1 atom stereocenters. The predicted octanol–water partition coefficient (Wildman–Crippen LogP) is 2.48. The van der Waals surface area contributed by atoms with E-state index in [1.807, 2.05) is 27.7 Å². The Kier molecular flexibility index (Phi) is 16.9. The van der Waals surface area contributed by atoms with Crippen molar-refractivity contribution in [2.24, 2.45) is 0 Å². The van der Waals surface area contributed by atoms with Crippen LogP contribution < -0.4 is 5.32 Å². The van der Waals surface area contributed by atoms with Gasteiger partial charge in [0, 0.05) is 39.1 Å². The summed E-state index contributed by atoms with van der Waals surface area (Å²) >= 11 is 0. The Hall–Kier alpha value is -0.753. The van der Waals surface area contributed by atoms with Gasteiger partial charge in [-0.15, -0.1) is 0 Å². The summed E-state index contributed by atoms with van der Waals surface area (Å²) in [5.41, 5.74) is 0. The number of ether oxygens (including phenoxy) is 3. The zero-order chi connectivity index (χ0) is 20.4. The maximum Gasteiger partial charge on any atom is 0.500 e. The third-order valence-corrected chi connectivity index (χ3v) is 6.58. The molecule has 0 spiro atoms. The Morgan fingerprint density at radius 3 is 2.00 bits per heavy atom. The fourth-order valence-corrected chi connectivity index (χ4v) is 5.06. The Morgan fingerprint density at radius 1 is 0.889 bits per heavy atom. The van der Waals surface area contributed by atoms with Crippen LogP contribution in [0, 0.1) is 0 Å². The smallest absolute Gasteiger partial charge is 0.465 e. The van der Waals surface area contributed by atoms with E-state index in [-0.39, 0.29) is 6.54 Å². The van der Waals surface area contributed by atoms with E-state index in [0.717, 1.165) is 18.9 Å². The molecular weight excluding hydrogens is 374 g/mol. The number of carbonyl (C=O) groups is 1. The second kappa shape index (κ2) is 17.4. The maximum atomic E-state index is 10.7. The van der Waals surface area contributed by atoms with Crippen LogP contribution in [0.25, 0.3) is 0 Å². The lowest BCUT2D eigenvalue weighted by atomic mass is 10.3. The maximum absolute atomic E-state index is 10.7. The summed E-state index contributed by atoms with van der Waals surface area (Å²) in [4.78, 5) is 10.7. The van der Waals surface area contributed by atoms with Crippen molar-refractivity contribution >= 4 is 14.9 Å². The lowest BCUT2D eigenvalue weighted by Gasteiger charge is -2.28. The van der Waals surface area contributed by atoms with Crippen LogP contribution in [0.4, 0.5) is 4.79 Å². The number of unbranched alkanes of at least 4 members (excludes halogenated alkanes) is 1. The fourth-order valence-electron chi connectivity index (χ4n) is 2.38. The van der Waals surface area contributed by atoms with Crippen molar-refractivity contribution in [3.8, 4) is 0 Å². The molecule has 0 aromatic carbocycles. The quantitative estimate of drug-likeness (QED) is 0.190. The van der Waals surface area contributed by atoms with Gasteiger partial charge in [-0.1, -0.05) is 0 Å². The second-order valence-corrected chi connectivity index (χ2v) is 8.23. The molecule has 162 valence electrons. The highest BCUT2D eigenvalue weighted by molar-refractivity contribution is 6.60. The van der Waals surface area contributed by atoms with Crippen molar-refractivity contribution < 1.29 is 37.4 Å². The molecule has 0 heterocycles. The third kappa shape index (κ3) is 14.0. The van der Waals surface area contributed by atoms with Gasteiger partial charge >= 0.3 is 14.9 Å². The first-order valence-corrected chi connectivity index (χ1v) is 11.7. The van der Waals surface area contributed by atoms with E-state index >= 15 is 0 Å². The Bertz CT molecular complexity index is 345. The van der Waals surface area contributed by atoms with Crippen molar-refractivity contribution in [1.82, 2.24) is 5.32 Å². The first kappa shape index (κ1) is 26.2. The van der Waals surface area contributed by atoms with Crippen molar-refractivity contribution in [3.63, 3.8) is 0 Å². The lowest BCUT2D eigenvalue weighted by molar-refractivity contribution is -0.147. The molecule has 0 bridgehead atoms. The van der Waals surface area contributed by atoms with Crippen LogP contribution in [0.3, 0.4) is 0 Å². The Labute approximate surface area is 164 Å². The molecule has 0 aromatic rings. The van der Waals surface area contributed by atoms with Gasteiger partial charge in [-0.2, -0.15) is 0 Å². The molecule has 1 amide bonds. The van der Waals surface area contributed by atoms with E-state index in [2.05, 4.69) is 5.32 Å². The standard InChI is InChI=1S/C17H37NO8Si/c1-5-21-12-13-23-16(15-18-17(19)20)22-11-9-10-14-27(24-6-2,25-7-3)26-8-4/h16,18H,5-15H2,1-4H3,(H,19,20). The van der Waals surface area contributed by atoms with Crippen LogP contribution in [-0.2, 0) is 27.5 Å². The first-order chi connectivity index (χ1) is 13.0. The summed E-state index contributed by atoms with van der Waals surface area (Å²) in [6, 6.07) is 0.717.